The molecule has 25 heavy (non-hydrogen) atoms. The van der Waals surface area contributed by atoms with Gasteiger partial charge in [-0.25, -0.2) is 4.98 Å². The Hall–Kier alpha value is -2.83. The maximum Gasteiger partial charge on any atom is 0.258 e. The van der Waals surface area contributed by atoms with E-state index in [0.29, 0.717) is 32.9 Å². The lowest BCUT2D eigenvalue weighted by molar-refractivity contribution is 0.102. The van der Waals surface area contributed by atoms with Gasteiger partial charge in [0.15, 0.2) is 10.9 Å². The number of rotatable bonds is 4. The maximum absolute atomic E-state index is 12.5. The summed E-state index contributed by atoms with van der Waals surface area (Å²) < 4.78 is 10.9. The fourth-order valence-corrected chi connectivity index (χ4v) is 3.49. The van der Waals surface area contributed by atoms with Crippen LogP contribution in [0.2, 0.25) is 5.02 Å². The first-order valence-corrected chi connectivity index (χ1v) is 8.56. The highest BCUT2D eigenvalue weighted by atomic mass is 35.5. The summed E-state index contributed by atoms with van der Waals surface area (Å²) in [5.74, 6) is 0.930. The Bertz CT molecular complexity index is 955. The van der Waals surface area contributed by atoms with Crippen LogP contribution in [0.3, 0.4) is 0 Å². The second-order valence-corrected chi connectivity index (χ2v) is 6.49. The van der Waals surface area contributed by atoms with Crippen LogP contribution in [0.1, 0.15) is 10.4 Å². The van der Waals surface area contributed by atoms with Crippen LogP contribution in [0.15, 0.2) is 69.9 Å². The molecule has 0 bridgehead atoms. The van der Waals surface area contributed by atoms with E-state index in [1.165, 1.54) is 11.3 Å². The molecule has 1 amide bonds. The van der Waals surface area contributed by atoms with Crippen molar-refractivity contribution < 1.29 is 13.6 Å². The fraction of sp³-hybridized carbons (Fsp3) is 0. The molecule has 0 saturated heterocycles. The Balaban J connectivity index is 1.71. The van der Waals surface area contributed by atoms with Crippen LogP contribution in [-0.4, -0.2) is 10.9 Å². The van der Waals surface area contributed by atoms with Gasteiger partial charge in [-0.2, -0.15) is 0 Å². The molecule has 124 valence electrons. The number of furan rings is 2. The van der Waals surface area contributed by atoms with Crippen molar-refractivity contribution in [3.8, 4) is 22.1 Å². The molecular weight excluding hydrogens is 360 g/mol. The predicted octanol–water partition coefficient (Wildman–Crippen LogP) is 5.57. The van der Waals surface area contributed by atoms with E-state index >= 15 is 0 Å². The average molecular weight is 371 g/mol. The summed E-state index contributed by atoms with van der Waals surface area (Å²) in [4.78, 5) is 17.7. The van der Waals surface area contributed by atoms with Crippen molar-refractivity contribution in [2.45, 2.75) is 0 Å². The Labute approximate surface area is 151 Å². The molecule has 0 fully saturated rings. The first-order valence-electron chi connectivity index (χ1n) is 7.37. The third-order valence-corrected chi connectivity index (χ3v) is 4.78. The van der Waals surface area contributed by atoms with E-state index in [9.17, 15) is 4.79 Å². The van der Waals surface area contributed by atoms with Crippen molar-refractivity contribution in [3.63, 3.8) is 0 Å². The van der Waals surface area contributed by atoms with E-state index in [-0.39, 0.29) is 5.91 Å². The molecule has 1 N–H and O–H groups in total. The molecule has 5 nitrogen and oxygen atoms in total. The van der Waals surface area contributed by atoms with Gasteiger partial charge < -0.3 is 8.83 Å². The molecule has 0 aliphatic rings. The predicted molar refractivity (Wildman–Crippen MR) is 96.9 cm³/mol. The lowest BCUT2D eigenvalue weighted by atomic mass is 10.2. The largest absolute Gasteiger partial charge is 0.463 e. The Morgan fingerprint density at radius 2 is 1.72 bits per heavy atom. The van der Waals surface area contributed by atoms with Gasteiger partial charge in [-0.3, -0.25) is 10.1 Å². The number of thiazole rings is 1. The minimum absolute atomic E-state index is 0.323. The first kappa shape index (κ1) is 15.7. The number of carbonyl (C=O) groups is 1. The lowest BCUT2D eigenvalue weighted by Crippen LogP contribution is -2.12. The number of aromatic nitrogens is 1. The highest BCUT2D eigenvalue weighted by Crippen LogP contribution is 2.39. The number of nitrogens with one attached hydrogen (secondary N) is 1. The number of hydrogen-bond acceptors (Lipinski definition) is 5. The summed E-state index contributed by atoms with van der Waals surface area (Å²) in [6.45, 7) is 0. The highest BCUT2D eigenvalue weighted by Gasteiger charge is 2.20. The van der Waals surface area contributed by atoms with Gasteiger partial charge in [0.1, 0.15) is 16.3 Å². The second-order valence-electron chi connectivity index (χ2n) is 5.09. The molecule has 3 heterocycles. The van der Waals surface area contributed by atoms with Gasteiger partial charge in [0.2, 0.25) is 0 Å². The van der Waals surface area contributed by atoms with Crippen LogP contribution in [0, 0.1) is 0 Å². The van der Waals surface area contributed by atoms with E-state index in [1.807, 2.05) is 6.07 Å². The van der Waals surface area contributed by atoms with Crippen LogP contribution in [0.4, 0.5) is 5.13 Å². The highest BCUT2D eigenvalue weighted by molar-refractivity contribution is 7.19. The quantitative estimate of drug-likeness (QED) is 0.510. The molecule has 0 saturated carbocycles. The summed E-state index contributed by atoms with van der Waals surface area (Å²) in [6.07, 6.45) is 3.16. The van der Waals surface area contributed by atoms with Gasteiger partial charge >= 0.3 is 0 Å². The average Bonchev–Trinajstić information content (AvgIpc) is 3.36. The number of nitrogens with zero attached hydrogens (tertiary/aromatic N) is 1. The van der Waals surface area contributed by atoms with E-state index in [1.54, 1.807) is 55.0 Å². The monoisotopic (exact) mass is 370 g/mol. The molecule has 0 atom stereocenters. The van der Waals surface area contributed by atoms with Crippen LogP contribution in [0.5, 0.6) is 0 Å². The van der Waals surface area contributed by atoms with E-state index in [4.69, 9.17) is 20.4 Å². The van der Waals surface area contributed by atoms with E-state index in [2.05, 4.69) is 10.3 Å². The Morgan fingerprint density at radius 1 is 1.00 bits per heavy atom. The summed E-state index contributed by atoms with van der Waals surface area (Å²) in [7, 11) is 0. The normalized spacial score (nSPS) is 10.8. The minimum atomic E-state index is -0.323. The van der Waals surface area contributed by atoms with E-state index in [0.717, 1.165) is 4.88 Å². The van der Waals surface area contributed by atoms with Crippen molar-refractivity contribution in [3.05, 3.63) is 71.6 Å². The minimum Gasteiger partial charge on any atom is -0.463 e. The smallest absolute Gasteiger partial charge is 0.258 e. The van der Waals surface area contributed by atoms with Crippen LogP contribution >= 0.6 is 22.9 Å². The molecular formula is C18H11ClN2O3S. The molecule has 3 aromatic heterocycles. The molecule has 0 spiro atoms. The maximum atomic E-state index is 12.5. The molecule has 0 aliphatic heterocycles. The van der Waals surface area contributed by atoms with Crippen molar-refractivity contribution in [1.29, 1.82) is 0 Å². The fourth-order valence-electron chi connectivity index (χ4n) is 2.34. The van der Waals surface area contributed by atoms with Gasteiger partial charge in [0.05, 0.1) is 23.1 Å². The van der Waals surface area contributed by atoms with Crippen LogP contribution in [-0.2, 0) is 0 Å². The molecule has 0 radical (unpaired) electrons. The van der Waals surface area contributed by atoms with Crippen LogP contribution < -0.4 is 5.32 Å². The number of halogens is 1. The summed E-state index contributed by atoms with van der Waals surface area (Å²) >= 11 is 7.38. The first-order chi connectivity index (χ1) is 12.2. The Kier molecular flexibility index (Phi) is 4.13. The number of anilines is 1. The van der Waals surface area contributed by atoms with Gasteiger partial charge in [-0.1, -0.05) is 35.1 Å². The van der Waals surface area contributed by atoms with Gasteiger partial charge in [0.25, 0.3) is 5.91 Å². The molecule has 4 aromatic rings. The third kappa shape index (κ3) is 3.09. The van der Waals surface area contributed by atoms with Crippen molar-refractivity contribution in [2.75, 3.05) is 5.32 Å². The van der Waals surface area contributed by atoms with E-state index < -0.39 is 0 Å². The lowest BCUT2D eigenvalue weighted by Gasteiger charge is -2.03. The zero-order valence-corrected chi connectivity index (χ0v) is 14.3. The molecule has 0 aliphatic carbocycles. The SMILES string of the molecule is O=C(Nc1nc(-c2ccco2)c(-c2ccco2)s1)c1ccccc1Cl. The zero-order chi connectivity index (χ0) is 17.2. The summed E-state index contributed by atoms with van der Waals surface area (Å²) in [5.41, 5.74) is 0.998. The summed E-state index contributed by atoms with van der Waals surface area (Å²) in [6, 6.07) is 14.1. The van der Waals surface area contributed by atoms with Gasteiger partial charge in [-0.05, 0) is 36.4 Å². The molecule has 4 rings (SSSR count). The van der Waals surface area contributed by atoms with Crippen molar-refractivity contribution in [2.24, 2.45) is 0 Å². The standard InChI is InChI=1S/C18H11ClN2O3S/c19-12-6-2-1-5-11(12)17(22)21-18-20-15(13-7-3-9-23-13)16(25-18)14-8-4-10-24-14/h1-10H,(H,20,21,22). The second kappa shape index (κ2) is 6.58. The van der Waals surface area contributed by atoms with Gasteiger partial charge in [0, 0.05) is 0 Å². The Morgan fingerprint density at radius 3 is 2.40 bits per heavy atom. The molecule has 1 aromatic carbocycles. The molecule has 0 unspecified atom stereocenters. The number of carbonyl (C=O) groups excluding carboxylic acids is 1. The summed E-state index contributed by atoms with van der Waals surface area (Å²) in [5, 5.41) is 3.60. The topological polar surface area (TPSA) is 68.3 Å². The van der Waals surface area contributed by atoms with Crippen molar-refractivity contribution >= 4 is 34.0 Å². The van der Waals surface area contributed by atoms with Gasteiger partial charge in [-0.15, -0.1) is 0 Å². The number of hydrogen-bond donors (Lipinski definition) is 1. The van der Waals surface area contributed by atoms with Crippen LogP contribution in [0.25, 0.3) is 22.1 Å². The molecule has 7 heteroatoms. The third-order valence-electron chi connectivity index (χ3n) is 3.47. The number of amides is 1. The van der Waals surface area contributed by atoms with Crippen molar-refractivity contribution in [1.82, 2.24) is 4.98 Å². The number of benzene rings is 1. The zero-order valence-electron chi connectivity index (χ0n) is 12.7.